The van der Waals surface area contributed by atoms with Gasteiger partial charge in [0.1, 0.15) is 0 Å². The van der Waals surface area contributed by atoms with E-state index in [1.807, 2.05) is 32.8 Å². The molecule has 0 heterocycles. The maximum atomic E-state index is 12.4. The number of nitrogens with one attached hydrogen (secondary N) is 1. The molecule has 0 radical (unpaired) electrons. The molecule has 0 aliphatic rings. The first-order chi connectivity index (χ1) is 10.9. The fourth-order valence-electron chi connectivity index (χ4n) is 2.38. The minimum absolute atomic E-state index is 0.0367. The van der Waals surface area contributed by atoms with Crippen LogP contribution >= 0.6 is 11.6 Å². The van der Waals surface area contributed by atoms with Crippen molar-refractivity contribution in [1.29, 1.82) is 0 Å². The molecule has 0 fully saturated rings. The van der Waals surface area contributed by atoms with Crippen molar-refractivity contribution in [3.63, 3.8) is 0 Å². The summed E-state index contributed by atoms with van der Waals surface area (Å²) in [6.07, 6.45) is 0. The van der Waals surface area contributed by atoms with Crippen molar-refractivity contribution in [1.82, 2.24) is 14.5 Å². The van der Waals surface area contributed by atoms with Gasteiger partial charge in [0, 0.05) is 27.2 Å². The number of hydrogen-bond donors (Lipinski definition) is 1. The zero-order valence-electron chi connectivity index (χ0n) is 15.1. The first-order valence-corrected chi connectivity index (χ1v) is 9.33. The van der Waals surface area contributed by atoms with Gasteiger partial charge in [-0.2, -0.15) is 0 Å². The molecule has 136 valence electrons. The SMILES string of the molecule is CN(C)CC(C)(C)CNC(=O)c1cc(S(=O)(=O)N(C)C)ccc1Cl. The molecule has 8 heteroatoms. The topological polar surface area (TPSA) is 69.7 Å². The number of amides is 1. The third kappa shape index (κ3) is 5.44. The van der Waals surface area contributed by atoms with E-state index in [1.165, 1.54) is 32.3 Å². The van der Waals surface area contributed by atoms with E-state index < -0.39 is 10.0 Å². The Balaban J connectivity index is 3.00. The van der Waals surface area contributed by atoms with Gasteiger partial charge in [-0.15, -0.1) is 0 Å². The molecular formula is C16H26ClN3O3S. The number of rotatable bonds is 7. The fraction of sp³-hybridized carbons (Fsp3) is 0.562. The second-order valence-corrected chi connectivity index (χ2v) is 9.57. The van der Waals surface area contributed by atoms with Crippen molar-refractivity contribution in [3.05, 3.63) is 28.8 Å². The monoisotopic (exact) mass is 375 g/mol. The van der Waals surface area contributed by atoms with Crippen LogP contribution in [0, 0.1) is 5.41 Å². The molecule has 0 bridgehead atoms. The molecule has 6 nitrogen and oxygen atoms in total. The number of benzene rings is 1. The molecule has 0 aromatic heterocycles. The van der Waals surface area contributed by atoms with Gasteiger partial charge in [-0.25, -0.2) is 12.7 Å². The van der Waals surface area contributed by atoms with Crippen LogP contribution in [0.2, 0.25) is 5.02 Å². The lowest BCUT2D eigenvalue weighted by molar-refractivity contribution is 0.0929. The smallest absolute Gasteiger partial charge is 0.252 e. The molecule has 1 N–H and O–H groups in total. The lowest BCUT2D eigenvalue weighted by Crippen LogP contribution is -2.40. The van der Waals surface area contributed by atoms with E-state index in [9.17, 15) is 13.2 Å². The van der Waals surface area contributed by atoms with Gasteiger partial charge in [0.15, 0.2) is 0 Å². The van der Waals surface area contributed by atoms with Gasteiger partial charge in [0.2, 0.25) is 10.0 Å². The maximum Gasteiger partial charge on any atom is 0.252 e. The van der Waals surface area contributed by atoms with Crippen LogP contribution in [0.15, 0.2) is 23.1 Å². The summed E-state index contributed by atoms with van der Waals surface area (Å²) in [4.78, 5) is 14.5. The van der Waals surface area contributed by atoms with Crippen molar-refractivity contribution in [2.24, 2.45) is 5.41 Å². The lowest BCUT2D eigenvalue weighted by atomic mass is 9.93. The van der Waals surface area contributed by atoms with Crippen molar-refractivity contribution in [2.75, 3.05) is 41.3 Å². The van der Waals surface area contributed by atoms with Gasteiger partial charge < -0.3 is 10.2 Å². The molecule has 0 saturated carbocycles. The molecule has 0 saturated heterocycles. The Labute approximate surface area is 149 Å². The van der Waals surface area contributed by atoms with Crippen LogP contribution in [0.4, 0.5) is 0 Å². The minimum Gasteiger partial charge on any atom is -0.351 e. The second-order valence-electron chi connectivity index (χ2n) is 7.01. The van der Waals surface area contributed by atoms with E-state index in [1.54, 1.807) is 0 Å². The molecule has 0 unspecified atom stereocenters. The Morgan fingerprint density at radius 3 is 2.29 bits per heavy atom. The Morgan fingerprint density at radius 2 is 1.79 bits per heavy atom. The van der Waals surface area contributed by atoms with Gasteiger partial charge >= 0.3 is 0 Å². The molecule has 0 aliphatic carbocycles. The average Bonchev–Trinajstić information content (AvgIpc) is 2.43. The van der Waals surface area contributed by atoms with Gasteiger partial charge in [-0.05, 0) is 37.7 Å². The zero-order valence-corrected chi connectivity index (χ0v) is 16.6. The summed E-state index contributed by atoms with van der Waals surface area (Å²) in [5.74, 6) is -0.386. The lowest BCUT2D eigenvalue weighted by Gasteiger charge is -2.28. The number of carbonyl (C=O) groups excluding carboxylic acids is 1. The first-order valence-electron chi connectivity index (χ1n) is 7.52. The zero-order chi connectivity index (χ0) is 18.7. The van der Waals surface area contributed by atoms with Crippen LogP contribution in [0.1, 0.15) is 24.2 Å². The van der Waals surface area contributed by atoms with Gasteiger partial charge in [-0.1, -0.05) is 25.4 Å². The minimum atomic E-state index is -3.62. The van der Waals surface area contributed by atoms with E-state index in [2.05, 4.69) is 5.32 Å². The molecule has 24 heavy (non-hydrogen) atoms. The Hall–Kier alpha value is -1.15. The van der Waals surface area contributed by atoms with Gasteiger partial charge in [0.25, 0.3) is 5.91 Å². The molecule has 0 aliphatic heterocycles. The third-order valence-electron chi connectivity index (χ3n) is 3.43. The molecular weight excluding hydrogens is 350 g/mol. The molecule has 1 aromatic rings. The van der Waals surface area contributed by atoms with Crippen molar-refractivity contribution < 1.29 is 13.2 Å². The summed E-state index contributed by atoms with van der Waals surface area (Å²) in [7, 11) is 3.19. The van der Waals surface area contributed by atoms with E-state index in [-0.39, 0.29) is 26.8 Å². The van der Waals surface area contributed by atoms with Crippen LogP contribution in [-0.2, 0) is 10.0 Å². The fourth-order valence-corrected chi connectivity index (χ4v) is 3.51. The molecule has 0 spiro atoms. The van der Waals surface area contributed by atoms with Crippen LogP contribution in [-0.4, -0.2) is 64.8 Å². The molecule has 1 rings (SSSR count). The van der Waals surface area contributed by atoms with Crippen LogP contribution in [0.3, 0.4) is 0 Å². The number of halogens is 1. The molecule has 1 amide bonds. The number of hydrogen-bond acceptors (Lipinski definition) is 4. The van der Waals surface area contributed by atoms with Crippen LogP contribution in [0.5, 0.6) is 0 Å². The summed E-state index contributed by atoms with van der Waals surface area (Å²) in [6.45, 7) is 5.34. The summed E-state index contributed by atoms with van der Waals surface area (Å²) in [5, 5.41) is 3.05. The largest absolute Gasteiger partial charge is 0.351 e. The van der Waals surface area contributed by atoms with E-state index in [0.717, 1.165) is 10.8 Å². The highest BCUT2D eigenvalue weighted by Gasteiger charge is 2.23. The van der Waals surface area contributed by atoms with E-state index >= 15 is 0 Å². The third-order valence-corrected chi connectivity index (χ3v) is 5.57. The van der Waals surface area contributed by atoms with Crippen molar-refractivity contribution in [3.8, 4) is 0 Å². The van der Waals surface area contributed by atoms with Crippen LogP contribution < -0.4 is 5.32 Å². The highest BCUT2D eigenvalue weighted by Crippen LogP contribution is 2.22. The normalized spacial score (nSPS) is 12.7. The standard InChI is InChI=1S/C16H26ClN3O3S/c1-16(2,11-19(3)4)10-18-15(21)13-9-12(7-8-14(13)17)24(22,23)20(5)6/h7-9H,10-11H2,1-6H3,(H,18,21). The number of carbonyl (C=O) groups is 1. The number of sulfonamides is 1. The summed E-state index contributed by atoms with van der Waals surface area (Å²) in [5.41, 5.74) is 0.0270. The molecule has 0 atom stereocenters. The highest BCUT2D eigenvalue weighted by molar-refractivity contribution is 7.89. The Bertz CT molecular complexity index is 701. The maximum absolute atomic E-state index is 12.4. The second kappa shape index (κ2) is 7.82. The quantitative estimate of drug-likeness (QED) is 0.790. The highest BCUT2D eigenvalue weighted by atomic mass is 35.5. The van der Waals surface area contributed by atoms with Crippen molar-refractivity contribution >= 4 is 27.5 Å². The van der Waals surface area contributed by atoms with Gasteiger partial charge in [-0.3, -0.25) is 4.79 Å². The van der Waals surface area contributed by atoms with E-state index in [4.69, 9.17) is 11.6 Å². The first kappa shape index (κ1) is 20.9. The predicted octanol–water partition coefficient (Wildman–Crippen LogP) is 1.91. The Kier molecular flexibility index (Phi) is 6.81. The average molecular weight is 376 g/mol. The van der Waals surface area contributed by atoms with Gasteiger partial charge in [0.05, 0.1) is 15.5 Å². The number of nitrogens with zero attached hydrogens (tertiary/aromatic N) is 2. The van der Waals surface area contributed by atoms with E-state index in [0.29, 0.717) is 6.54 Å². The summed E-state index contributed by atoms with van der Waals surface area (Å²) < 4.78 is 25.5. The summed E-state index contributed by atoms with van der Waals surface area (Å²) >= 11 is 6.08. The summed E-state index contributed by atoms with van der Waals surface area (Å²) in [6, 6.07) is 4.13. The Morgan fingerprint density at radius 1 is 1.21 bits per heavy atom. The molecule has 1 aromatic carbocycles. The van der Waals surface area contributed by atoms with Crippen molar-refractivity contribution in [2.45, 2.75) is 18.7 Å². The predicted molar refractivity (Wildman–Crippen MR) is 97.0 cm³/mol. The van der Waals surface area contributed by atoms with Crippen LogP contribution in [0.25, 0.3) is 0 Å².